The Morgan fingerprint density at radius 3 is 2.36 bits per heavy atom. The molecular formula is C18H27N3O. The van der Waals surface area contributed by atoms with Gasteiger partial charge in [-0.15, -0.1) is 0 Å². The van der Waals surface area contributed by atoms with E-state index in [1.165, 1.54) is 19.3 Å². The molecule has 22 heavy (non-hydrogen) atoms. The zero-order valence-electron chi connectivity index (χ0n) is 13.6. The number of para-hydroxylation sites is 1. The summed E-state index contributed by atoms with van der Waals surface area (Å²) in [4.78, 5) is 14.9. The molecule has 2 fully saturated rings. The second-order valence-electron chi connectivity index (χ2n) is 6.91. The van der Waals surface area contributed by atoms with Crippen LogP contribution >= 0.6 is 0 Å². The molecule has 3 rings (SSSR count). The minimum absolute atomic E-state index is 0.0766. The van der Waals surface area contributed by atoms with E-state index in [2.05, 4.69) is 29.4 Å². The van der Waals surface area contributed by atoms with Crippen molar-refractivity contribution >= 4 is 11.7 Å². The predicted molar refractivity (Wildman–Crippen MR) is 90.0 cm³/mol. The molecular weight excluding hydrogens is 274 g/mol. The van der Waals surface area contributed by atoms with E-state index in [1.807, 2.05) is 30.3 Å². The molecule has 2 amide bonds. The van der Waals surface area contributed by atoms with Gasteiger partial charge in [0.2, 0.25) is 0 Å². The quantitative estimate of drug-likeness (QED) is 0.896. The van der Waals surface area contributed by atoms with Gasteiger partial charge in [0, 0.05) is 29.9 Å². The first kappa shape index (κ1) is 15.3. The molecule has 4 heteroatoms. The van der Waals surface area contributed by atoms with E-state index in [1.54, 1.807) is 0 Å². The number of anilines is 1. The minimum Gasteiger partial charge on any atom is -0.335 e. The number of benzene rings is 1. The number of fused-ring (bicyclic) bond motifs is 2. The summed E-state index contributed by atoms with van der Waals surface area (Å²) in [5.74, 6) is 0. The van der Waals surface area contributed by atoms with E-state index in [-0.39, 0.29) is 6.03 Å². The SMILES string of the molecule is CC(C)N1[C@H]2CCC[C@H]1CC(NC(=O)Nc1ccccc1)C2. The molecule has 2 saturated heterocycles. The number of nitrogens with one attached hydrogen (secondary N) is 2. The van der Waals surface area contributed by atoms with Gasteiger partial charge in [-0.3, -0.25) is 4.90 Å². The molecule has 1 aromatic carbocycles. The first-order valence-corrected chi connectivity index (χ1v) is 8.53. The van der Waals surface area contributed by atoms with E-state index < -0.39 is 0 Å². The lowest BCUT2D eigenvalue weighted by Gasteiger charge is -2.51. The number of carbonyl (C=O) groups is 1. The fourth-order valence-electron chi connectivity index (χ4n) is 4.25. The van der Waals surface area contributed by atoms with Crippen molar-refractivity contribution in [2.75, 3.05) is 5.32 Å². The van der Waals surface area contributed by atoms with Gasteiger partial charge in [0.05, 0.1) is 0 Å². The van der Waals surface area contributed by atoms with E-state index in [4.69, 9.17) is 0 Å². The second-order valence-corrected chi connectivity index (χ2v) is 6.91. The smallest absolute Gasteiger partial charge is 0.319 e. The van der Waals surface area contributed by atoms with Gasteiger partial charge >= 0.3 is 6.03 Å². The van der Waals surface area contributed by atoms with Gasteiger partial charge in [-0.1, -0.05) is 24.6 Å². The molecule has 2 heterocycles. The van der Waals surface area contributed by atoms with Crippen LogP contribution in [0.5, 0.6) is 0 Å². The average molecular weight is 301 g/mol. The maximum atomic E-state index is 12.2. The largest absolute Gasteiger partial charge is 0.335 e. The summed E-state index contributed by atoms with van der Waals surface area (Å²) in [5, 5.41) is 6.10. The van der Waals surface area contributed by atoms with Crippen molar-refractivity contribution in [3.8, 4) is 0 Å². The Morgan fingerprint density at radius 2 is 1.77 bits per heavy atom. The zero-order valence-corrected chi connectivity index (χ0v) is 13.6. The summed E-state index contributed by atoms with van der Waals surface area (Å²) < 4.78 is 0. The second kappa shape index (κ2) is 6.69. The predicted octanol–water partition coefficient (Wildman–Crippen LogP) is 3.60. The Balaban J connectivity index is 1.57. The number of carbonyl (C=O) groups excluding carboxylic acids is 1. The topological polar surface area (TPSA) is 44.4 Å². The van der Waals surface area contributed by atoms with Crippen molar-refractivity contribution in [2.45, 2.75) is 70.1 Å². The standard InChI is InChI=1S/C18H27N3O/c1-13(2)21-16-9-6-10-17(21)12-15(11-16)20-18(22)19-14-7-4-3-5-8-14/h3-5,7-8,13,15-17H,6,9-12H2,1-2H3,(H2,19,20,22)/t16-,17-/m0/s1. The lowest BCUT2D eigenvalue weighted by atomic mass is 9.81. The fourth-order valence-corrected chi connectivity index (χ4v) is 4.25. The Morgan fingerprint density at radius 1 is 1.14 bits per heavy atom. The summed E-state index contributed by atoms with van der Waals surface area (Å²) in [6, 6.07) is 11.7. The van der Waals surface area contributed by atoms with Crippen molar-refractivity contribution in [1.29, 1.82) is 0 Å². The van der Waals surface area contributed by atoms with Gasteiger partial charge in [0.25, 0.3) is 0 Å². The Bertz CT molecular complexity index is 488. The van der Waals surface area contributed by atoms with E-state index in [9.17, 15) is 4.79 Å². The summed E-state index contributed by atoms with van der Waals surface area (Å²) >= 11 is 0. The maximum absolute atomic E-state index is 12.2. The molecule has 0 saturated carbocycles. The third kappa shape index (κ3) is 3.43. The molecule has 120 valence electrons. The third-order valence-corrected chi connectivity index (χ3v) is 4.99. The normalized spacial score (nSPS) is 28.4. The lowest BCUT2D eigenvalue weighted by Crippen LogP contribution is -2.59. The molecule has 0 spiro atoms. The van der Waals surface area contributed by atoms with Crippen LogP contribution in [0.25, 0.3) is 0 Å². The molecule has 0 aromatic heterocycles. The van der Waals surface area contributed by atoms with Gasteiger partial charge in [0.1, 0.15) is 0 Å². The highest BCUT2D eigenvalue weighted by molar-refractivity contribution is 5.89. The Labute approximate surface area is 133 Å². The molecule has 2 atom stereocenters. The van der Waals surface area contributed by atoms with Crippen molar-refractivity contribution in [3.63, 3.8) is 0 Å². The van der Waals surface area contributed by atoms with E-state index >= 15 is 0 Å². The number of hydrogen-bond acceptors (Lipinski definition) is 2. The van der Waals surface area contributed by atoms with Gasteiger partial charge < -0.3 is 10.6 Å². The molecule has 2 N–H and O–H groups in total. The van der Waals surface area contributed by atoms with Crippen molar-refractivity contribution in [1.82, 2.24) is 10.2 Å². The molecule has 2 bridgehead atoms. The number of amides is 2. The van der Waals surface area contributed by atoms with E-state index in [0.29, 0.717) is 24.2 Å². The van der Waals surface area contributed by atoms with Gasteiger partial charge in [-0.05, 0) is 51.7 Å². The van der Waals surface area contributed by atoms with Gasteiger partial charge in [0.15, 0.2) is 0 Å². The van der Waals surface area contributed by atoms with Crippen LogP contribution in [-0.2, 0) is 0 Å². The molecule has 2 aliphatic rings. The molecule has 0 unspecified atom stereocenters. The van der Waals surface area contributed by atoms with Crippen LogP contribution in [0.1, 0.15) is 46.0 Å². The van der Waals surface area contributed by atoms with Crippen molar-refractivity contribution in [2.24, 2.45) is 0 Å². The maximum Gasteiger partial charge on any atom is 0.319 e. The van der Waals surface area contributed by atoms with Crippen LogP contribution in [0.15, 0.2) is 30.3 Å². The summed E-state index contributed by atoms with van der Waals surface area (Å²) in [7, 11) is 0. The monoisotopic (exact) mass is 301 g/mol. The number of hydrogen-bond donors (Lipinski definition) is 2. The Kier molecular flexibility index (Phi) is 4.67. The van der Waals surface area contributed by atoms with Crippen LogP contribution in [0.2, 0.25) is 0 Å². The van der Waals surface area contributed by atoms with Crippen LogP contribution in [0, 0.1) is 0 Å². The fraction of sp³-hybridized carbons (Fsp3) is 0.611. The van der Waals surface area contributed by atoms with Crippen LogP contribution < -0.4 is 10.6 Å². The highest BCUT2D eigenvalue weighted by Gasteiger charge is 2.39. The van der Waals surface area contributed by atoms with Gasteiger partial charge in [-0.2, -0.15) is 0 Å². The van der Waals surface area contributed by atoms with Crippen molar-refractivity contribution < 1.29 is 4.79 Å². The van der Waals surface area contributed by atoms with Crippen LogP contribution in [0.3, 0.4) is 0 Å². The number of nitrogens with zero attached hydrogens (tertiary/aromatic N) is 1. The molecule has 0 aliphatic carbocycles. The minimum atomic E-state index is -0.0766. The highest BCUT2D eigenvalue weighted by atomic mass is 16.2. The zero-order chi connectivity index (χ0) is 15.5. The first-order valence-electron chi connectivity index (χ1n) is 8.53. The Hall–Kier alpha value is -1.55. The summed E-state index contributed by atoms with van der Waals surface area (Å²) in [6.45, 7) is 4.59. The molecule has 4 nitrogen and oxygen atoms in total. The lowest BCUT2D eigenvalue weighted by molar-refractivity contribution is 0.00233. The van der Waals surface area contributed by atoms with Gasteiger partial charge in [-0.25, -0.2) is 4.79 Å². The highest BCUT2D eigenvalue weighted by Crippen LogP contribution is 2.35. The number of piperidine rings is 2. The molecule has 2 aliphatic heterocycles. The van der Waals surface area contributed by atoms with Crippen LogP contribution in [0.4, 0.5) is 10.5 Å². The number of urea groups is 1. The summed E-state index contributed by atoms with van der Waals surface area (Å²) in [6.07, 6.45) is 6.04. The average Bonchev–Trinajstić information content (AvgIpc) is 2.47. The van der Waals surface area contributed by atoms with Crippen molar-refractivity contribution in [3.05, 3.63) is 30.3 Å². The van der Waals surface area contributed by atoms with Crippen LogP contribution in [-0.4, -0.2) is 35.1 Å². The molecule has 0 radical (unpaired) electrons. The summed E-state index contributed by atoms with van der Waals surface area (Å²) in [5.41, 5.74) is 0.847. The third-order valence-electron chi connectivity index (χ3n) is 4.99. The first-order chi connectivity index (χ1) is 10.6. The van der Waals surface area contributed by atoms with E-state index in [0.717, 1.165) is 18.5 Å². The molecule has 1 aromatic rings. The number of rotatable bonds is 3.